The maximum absolute atomic E-state index is 12.9. The van der Waals surface area contributed by atoms with Gasteiger partial charge in [0, 0.05) is 6.07 Å². The number of nitrogens with two attached hydrogens (primary N) is 1. The number of aryl methyl sites for hydroxylation is 1. The molecule has 0 aliphatic heterocycles. The summed E-state index contributed by atoms with van der Waals surface area (Å²) >= 11 is 0. The van der Waals surface area contributed by atoms with Gasteiger partial charge in [0.2, 0.25) is 11.8 Å². The van der Waals surface area contributed by atoms with Gasteiger partial charge >= 0.3 is 6.18 Å². The first kappa shape index (κ1) is 21.4. The van der Waals surface area contributed by atoms with Crippen molar-refractivity contribution in [1.82, 2.24) is 15.1 Å². The second-order valence-corrected chi connectivity index (χ2v) is 6.67. The van der Waals surface area contributed by atoms with Gasteiger partial charge < -0.3 is 16.4 Å². The Hall–Kier alpha value is -2.88. The van der Waals surface area contributed by atoms with Crippen LogP contribution >= 0.6 is 0 Å². The molecule has 1 atom stereocenters. The molecular formula is C18H22F3N5O2. The zero-order chi connectivity index (χ0) is 21.1. The molecule has 0 radical (unpaired) electrons. The fourth-order valence-corrected chi connectivity index (χ4v) is 2.37. The molecule has 0 saturated heterocycles. The van der Waals surface area contributed by atoms with Crippen molar-refractivity contribution in [2.75, 3.05) is 11.9 Å². The molecule has 0 spiro atoms. The van der Waals surface area contributed by atoms with Crippen molar-refractivity contribution in [1.29, 1.82) is 0 Å². The number of rotatable bonds is 6. The van der Waals surface area contributed by atoms with E-state index < -0.39 is 29.6 Å². The van der Waals surface area contributed by atoms with Gasteiger partial charge in [0.15, 0.2) is 0 Å². The van der Waals surface area contributed by atoms with Crippen LogP contribution in [0.15, 0.2) is 30.3 Å². The van der Waals surface area contributed by atoms with Gasteiger partial charge in [0.05, 0.1) is 29.5 Å². The maximum Gasteiger partial charge on any atom is 0.416 e. The third-order valence-corrected chi connectivity index (χ3v) is 3.96. The number of aromatic nitrogens is 2. The van der Waals surface area contributed by atoms with Gasteiger partial charge in [-0.2, -0.15) is 18.3 Å². The molecule has 0 fully saturated rings. The van der Waals surface area contributed by atoms with Crippen LogP contribution in [0.4, 0.5) is 19.0 Å². The van der Waals surface area contributed by atoms with Crippen LogP contribution in [-0.2, 0) is 15.8 Å². The van der Waals surface area contributed by atoms with E-state index in [4.69, 9.17) is 5.73 Å². The van der Waals surface area contributed by atoms with Crippen molar-refractivity contribution in [3.63, 3.8) is 0 Å². The molecule has 28 heavy (non-hydrogen) atoms. The first-order chi connectivity index (χ1) is 13.0. The zero-order valence-electron chi connectivity index (χ0n) is 15.7. The molecule has 0 saturated carbocycles. The van der Waals surface area contributed by atoms with Gasteiger partial charge in [-0.25, -0.2) is 4.68 Å². The summed E-state index contributed by atoms with van der Waals surface area (Å²) in [6, 6.07) is 5.36. The lowest BCUT2D eigenvalue weighted by Gasteiger charge is -2.15. The summed E-state index contributed by atoms with van der Waals surface area (Å²) in [5, 5.41) is 9.09. The van der Waals surface area contributed by atoms with E-state index in [1.54, 1.807) is 20.8 Å². The van der Waals surface area contributed by atoms with Crippen LogP contribution < -0.4 is 16.4 Å². The number of nitrogens with one attached hydrogen (secondary N) is 2. The summed E-state index contributed by atoms with van der Waals surface area (Å²) in [7, 11) is 0. The third-order valence-electron chi connectivity index (χ3n) is 3.96. The highest BCUT2D eigenvalue weighted by Gasteiger charge is 2.30. The minimum Gasteiger partial charge on any atom is -0.346 e. The molecule has 0 aliphatic carbocycles. The highest BCUT2D eigenvalue weighted by atomic mass is 19.4. The van der Waals surface area contributed by atoms with Gasteiger partial charge in [-0.05, 0) is 31.0 Å². The summed E-state index contributed by atoms with van der Waals surface area (Å²) in [6.45, 7) is 4.87. The number of carbonyl (C=O) groups excluding carboxylic acids is 2. The molecule has 7 nitrogen and oxygen atoms in total. The van der Waals surface area contributed by atoms with Crippen molar-refractivity contribution in [3.8, 4) is 5.69 Å². The Morgan fingerprint density at radius 2 is 1.93 bits per heavy atom. The Bertz CT molecular complexity index is 861. The Kier molecular flexibility index (Phi) is 6.45. The number of amides is 2. The normalized spacial score (nSPS) is 12.7. The lowest BCUT2D eigenvalue weighted by Crippen LogP contribution is -2.46. The number of nitrogens with zero attached hydrogens (tertiary/aromatic N) is 2. The average molecular weight is 397 g/mol. The van der Waals surface area contributed by atoms with Gasteiger partial charge in [-0.3, -0.25) is 9.59 Å². The number of anilines is 1. The molecule has 0 unspecified atom stereocenters. The Balaban J connectivity index is 2.14. The lowest BCUT2D eigenvalue weighted by molar-refractivity contribution is -0.137. The summed E-state index contributed by atoms with van der Waals surface area (Å²) < 4.78 is 40.0. The van der Waals surface area contributed by atoms with Crippen molar-refractivity contribution in [2.45, 2.75) is 33.0 Å². The van der Waals surface area contributed by atoms with E-state index in [-0.39, 0.29) is 24.0 Å². The molecule has 10 heteroatoms. The maximum atomic E-state index is 12.9. The van der Waals surface area contributed by atoms with E-state index in [0.29, 0.717) is 5.69 Å². The standard InChI is InChI=1S/C18H22F3N5O2/c1-10(2)16(22)17(28)23-9-15(27)24-14-7-11(3)25-26(14)13-6-4-5-12(8-13)18(19,20)21/h4-8,10,16H,9,22H2,1-3H3,(H,23,28)(H,24,27)/t16-/m0/s1. The first-order valence-corrected chi connectivity index (χ1v) is 8.56. The molecule has 2 aromatic rings. The van der Waals surface area contributed by atoms with Crippen LogP contribution in [-0.4, -0.2) is 34.2 Å². The zero-order valence-corrected chi connectivity index (χ0v) is 15.7. The van der Waals surface area contributed by atoms with Gasteiger partial charge in [0.25, 0.3) is 0 Å². The minimum absolute atomic E-state index is 0.0898. The topological polar surface area (TPSA) is 102 Å². The van der Waals surface area contributed by atoms with Crippen LogP contribution in [0, 0.1) is 12.8 Å². The van der Waals surface area contributed by atoms with Crippen molar-refractivity contribution in [3.05, 3.63) is 41.6 Å². The predicted molar refractivity (Wildman–Crippen MR) is 97.8 cm³/mol. The highest BCUT2D eigenvalue weighted by Crippen LogP contribution is 2.30. The number of halogens is 3. The smallest absolute Gasteiger partial charge is 0.346 e. The summed E-state index contributed by atoms with van der Waals surface area (Å²) in [5.74, 6) is -0.928. The number of benzene rings is 1. The molecule has 4 N–H and O–H groups in total. The van der Waals surface area contributed by atoms with E-state index in [2.05, 4.69) is 15.7 Å². The molecule has 0 aliphatic rings. The Morgan fingerprint density at radius 3 is 2.54 bits per heavy atom. The molecule has 1 heterocycles. The van der Waals surface area contributed by atoms with Crippen molar-refractivity contribution >= 4 is 17.6 Å². The minimum atomic E-state index is -4.50. The van der Waals surface area contributed by atoms with E-state index in [9.17, 15) is 22.8 Å². The molecule has 2 amide bonds. The second kappa shape index (κ2) is 8.42. The second-order valence-electron chi connectivity index (χ2n) is 6.67. The lowest BCUT2D eigenvalue weighted by atomic mass is 10.1. The summed E-state index contributed by atoms with van der Waals surface area (Å²) in [4.78, 5) is 24.0. The number of alkyl halides is 3. The van der Waals surface area contributed by atoms with Crippen LogP contribution in [0.2, 0.25) is 0 Å². The number of hydrogen-bond acceptors (Lipinski definition) is 4. The third kappa shape index (κ3) is 5.32. The highest BCUT2D eigenvalue weighted by molar-refractivity contribution is 5.95. The van der Waals surface area contributed by atoms with Crippen LogP contribution in [0.25, 0.3) is 5.69 Å². The van der Waals surface area contributed by atoms with Crippen LogP contribution in [0.5, 0.6) is 0 Å². The molecule has 152 valence electrons. The first-order valence-electron chi connectivity index (χ1n) is 8.56. The Labute approximate surface area is 160 Å². The van der Waals surface area contributed by atoms with E-state index >= 15 is 0 Å². The molecule has 2 rings (SSSR count). The van der Waals surface area contributed by atoms with E-state index in [1.165, 1.54) is 22.9 Å². The van der Waals surface area contributed by atoms with Crippen LogP contribution in [0.1, 0.15) is 25.1 Å². The van der Waals surface area contributed by atoms with Gasteiger partial charge in [-0.1, -0.05) is 19.9 Å². The largest absolute Gasteiger partial charge is 0.416 e. The number of hydrogen-bond donors (Lipinski definition) is 3. The van der Waals surface area contributed by atoms with Crippen molar-refractivity contribution in [2.24, 2.45) is 11.7 Å². The molecule has 1 aromatic carbocycles. The van der Waals surface area contributed by atoms with Crippen molar-refractivity contribution < 1.29 is 22.8 Å². The summed E-state index contributed by atoms with van der Waals surface area (Å²) in [6.07, 6.45) is -4.50. The average Bonchev–Trinajstić information content (AvgIpc) is 2.98. The quantitative estimate of drug-likeness (QED) is 0.696. The fraction of sp³-hybridized carbons (Fsp3) is 0.389. The van der Waals surface area contributed by atoms with E-state index in [0.717, 1.165) is 12.1 Å². The molecular weight excluding hydrogens is 375 g/mol. The summed E-state index contributed by atoms with van der Waals surface area (Å²) in [5.41, 5.74) is 5.51. The van der Waals surface area contributed by atoms with Gasteiger partial charge in [-0.15, -0.1) is 0 Å². The predicted octanol–water partition coefficient (Wildman–Crippen LogP) is 2.24. The Morgan fingerprint density at radius 1 is 1.25 bits per heavy atom. The SMILES string of the molecule is Cc1cc(NC(=O)CNC(=O)[C@@H](N)C(C)C)n(-c2cccc(C(F)(F)F)c2)n1. The van der Waals surface area contributed by atoms with E-state index in [1.807, 2.05) is 0 Å². The fourth-order valence-electron chi connectivity index (χ4n) is 2.37. The monoisotopic (exact) mass is 397 g/mol. The number of carbonyl (C=O) groups is 2. The van der Waals surface area contributed by atoms with Gasteiger partial charge in [0.1, 0.15) is 5.82 Å². The van der Waals surface area contributed by atoms with Crippen LogP contribution in [0.3, 0.4) is 0 Å². The molecule has 0 bridgehead atoms. The molecule has 1 aromatic heterocycles.